The molecule has 4 rings (SSSR count). The molecule has 0 N–H and O–H groups in total. The van der Waals surface area contributed by atoms with E-state index in [-0.39, 0.29) is 0 Å². The van der Waals surface area contributed by atoms with Gasteiger partial charge in [0.1, 0.15) is 17.2 Å². The van der Waals surface area contributed by atoms with E-state index in [1.54, 1.807) is 0 Å². The summed E-state index contributed by atoms with van der Waals surface area (Å²) < 4.78 is 18.6. The molecular formula is C36H48O3. The molecule has 0 aliphatic rings. The minimum Gasteiger partial charge on any atom is -0.494 e. The lowest BCUT2D eigenvalue weighted by molar-refractivity contribution is 0.305. The number of rotatable bonds is 18. The molecule has 0 atom stereocenters. The lowest BCUT2D eigenvalue weighted by Crippen LogP contribution is -1.99. The van der Waals surface area contributed by atoms with Gasteiger partial charge in [0.05, 0.1) is 19.8 Å². The van der Waals surface area contributed by atoms with Gasteiger partial charge in [-0.3, -0.25) is 0 Å². The Balaban J connectivity index is 1.67. The van der Waals surface area contributed by atoms with Gasteiger partial charge < -0.3 is 14.2 Å². The average molecular weight is 529 g/mol. The maximum atomic E-state index is 6.21. The van der Waals surface area contributed by atoms with Gasteiger partial charge in [-0.2, -0.15) is 0 Å². The van der Waals surface area contributed by atoms with Crippen LogP contribution in [0.2, 0.25) is 0 Å². The molecule has 0 saturated carbocycles. The summed E-state index contributed by atoms with van der Waals surface area (Å²) in [5, 5.41) is 7.37. The van der Waals surface area contributed by atoms with E-state index in [0.29, 0.717) is 0 Å². The molecule has 0 amide bonds. The quantitative estimate of drug-likeness (QED) is 0.0949. The second-order valence-corrected chi connectivity index (χ2v) is 10.8. The first-order valence-corrected chi connectivity index (χ1v) is 15.6. The predicted molar refractivity (Wildman–Crippen MR) is 168 cm³/mol. The van der Waals surface area contributed by atoms with Crippen molar-refractivity contribution in [3.05, 3.63) is 54.6 Å². The van der Waals surface area contributed by atoms with Crippen LogP contribution >= 0.6 is 0 Å². The van der Waals surface area contributed by atoms with Crippen LogP contribution < -0.4 is 14.2 Å². The van der Waals surface area contributed by atoms with Crippen LogP contribution in [-0.4, -0.2) is 19.8 Å². The molecule has 0 aromatic heterocycles. The summed E-state index contributed by atoms with van der Waals surface area (Å²) >= 11 is 0. The van der Waals surface area contributed by atoms with Crippen LogP contribution in [0.5, 0.6) is 17.2 Å². The van der Waals surface area contributed by atoms with E-state index >= 15 is 0 Å². The SMILES string of the molecule is CCCCCCOc1ccc2c3ccc(OCCCCCC)cc3c3cc(OCCCCCC)ccc3c2c1. The second-order valence-electron chi connectivity index (χ2n) is 10.8. The molecule has 0 heterocycles. The van der Waals surface area contributed by atoms with Gasteiger partial charge in [-0.05, 0) is 88.0 Å². The van der Waals surface area contributed by atoms with Crippen molar-refractivity contribution in [2.24, 2.45) is 0 Å². The highest BCUT2D eigenvalue weighted by atomic mass is 16.5. The standard InChI is InChI=1S/C36H48O3/c1-4-7-10-13-22-37-28-16-19-31-32-20-17-29(38-23-14-11-8-5-2)26-35(32)36-27-30(39-24-15-12-9-6-3)18-21-33(36)34(31)25-28/h16-21,25-27H,4-15,22-24H2,1-3H3. The topological polar surface area (TPSA) is 27.7 Å². The number of ether oxygens (including phenoxy) is 3. The summed E-state index contributed by atoms with van der Waals surface area (Å²) in [5.41, 5.74) is 0. The summed E-state index contributed by atoms with van der Waals surface area (Å²) in [7, 11) is 0. The Kier molecular flexibility index (Phi) is 11.6. The minimum atomic E-state index is 0.763. The highest BCUT2D eigenvalue weighted by Crippen LogP contribution is 2.39. The van der Waals surface area contributed by atoms with Gasteiger partial charge in [0.2, 0.25) is 0 Å². The van der Waals surface area contributed by atoms with E-state index in [1.807, 2.05) is 0 Å². The maximum Gasteiger partial charge on any atom is 0.119 e. The van der Waals surface area contributed by atoms with Crippen LogP contribution in [0.3, 0.4) is 0 Å². The fourth-order valence-corrected chi connectivity index (χ4v) is 5.37. The molecule has 210 valence electrons. The van der Waals surface area contributed by atoms with Crippen molar-refractivity contribution in [2.75, 3.05) is 19.8 Å². The fourth-order valence-electron chi connectivity index (χ4n) is 5.37. The summed E-state index contributed by atoms with van der Waals surface area (Å²) in [4.78, 5) is 0. The van der Waals surface area contributed by atoms with Crippen molar-refractivity contribution >= 4 is 32.3 Å². The summed E-state index contributed by atoms with van der Waals surface area (Å²) in [5.74, 6) is 2.83. The molecule has 0 fully saturated rings. The highest BCUT2D eigenvalue weighted by Gasteiger charge is 2.12. The molecular weight excluding hydrogens is 480 g/mol. The Morgan fingerprint density at radius 3 is 1.00 bits per heavy atom. The van der Waals surface area contributed by atoms with Crippen LogP contribution in [0, 0.1) is 0 Å². The van der Waals surface area contributed by atoms with Crippen LogP contribution in [-0.2, 0) is 0 Å². The van der Waals surface area contributed by atoms with Gasteiger partial charge in [-0.25, -0.2) is 0 Å². The second kappa shape index (κ2) is 15.6. The van der Waals surface area contributed by atoms with Gasteiger partial charge >= 0.3 is 0 Å². The lowest BCUT2D eigenvalue weighted by atomic mass is 9.94. The Morgan fingerprint density at radius 1 is 0.359 bits per heavy atom. The van der Waals surface area contributed by atoms with E-state index < -0.39 is 0 Å². The Morgan fingerprint density at radius 2 is 0.667 bits per heavy atom. The summed E-state index contributed by atoms with van der Waals surface area (Å²) in [6.07, 6.45) is 14.5. The van der Waals surface area contributed by atoms with Crippen LogP contribution in [0.25, 0.3) is 32.3 Å². The molecule has 3 nitrogen and oxygen atoms in total. The molecule has 4 aromatic carbocycles. The van der Waals surface area contributed by atoms with Gasteiger partial charge in [0.25, 0.3) is 0 Å². The first-order valence-electron chi connectivity index (χ1n) is 15.6. The van der Waals surface area contributed by atoms with Gasteiger partial charge in [0, 0.05) is 0 Å². The average Bonchev–Trinajstić information content (AvgIpc) is 2.97. The third-order valence-electron chi connectivity index (χ3n) is 7.64. The van der Waals surface area contributed by atoms with Gasteiger partial charge in [0.15, 0.2) is 0 Å². The molecule has 0 bridgehead atoms. The van der Waals surface area contributed by atoms with Crippen molar-refractivity contribution in [1.82, 2.24) is 0 Å². The van der Waals surface area contributed by atoms with Crippen LogP contribution in [0.15, 0.2) is 54.6 Å². The monoisotopic (exact) mass is 528 g/mol. The molecule has 0 aliphatic carbocycles. The summed E-state index contributed by atoms with van der Waals surface area (Å²) in [6.45, 7) is 9.02. The normalized spacial score (nSPS) is 11.5. The van der Waals surface area contributed by atoms with Gasteiger partial charge in [-0.1, -0.05) is 96.8 Å². The zero-order chi connectivity index (χ0) is 27.3. The molecule has 0 spiro atoms. The smallest absolute Gasteiger partial charge is 0.119 e. The fraction of sp³-hybridized carbons (Fsp3) is 0.500. The third-order valence-corrected chi connectivity index (χ3v) is 7.64. The minimum absolute atomic E-state index is 0.763. The molecule has 0 saturated heterocycles. The molecule has 39 heavy (non-hydrogen) atoms. The third kappa shape index (κ3) is 8.03. The van der Waals surface area contributed by atoms with Crippen molar-refractivity contribution in [2.45, 2.75) is 97.8 Å². The van der Waals surface area contributed by atoms with Gasteiger partial charge in [-0.15, -0.1) is 0 Å². The zero-order valence-electron chi connectivity index (χ0n) is 24.5. The molecule has 4 aromatic rings. The highest BCUT2D eigenvalue weighted by molar-refractivity contribution is 6.25. The number of hydrogen-bond donors (Lipinski definition) is 0. The molecule has 3 heteroatoms. The maximum absolute atomic E-state index is 6.21. The van der Waals surface area contributed by atoms with E-state index in [0.717, 1.165) is 56.3 Å². The number of unbranched alkanes of at least 4 members (excludes halogenated alkanes) is 9. The largest absolute Gasteiger partial charge is 0.494 e. The van der Waals surface area contributed by atoms with Crippen molar-refractivity contribution in [3.8, 4) is 17.2 Å². The van der Waals surface area contributed by atoms with Crippen molar-refractivity contribution < 1.29 is 14.2 Å². The Bertz CT molecular complexity index is 1310. The van der Waals surface area contributed by atoms with E-state index in [1.165, 1.54) is 90.1 Å². The van der Waals surface area contributed by atoms with Crippen LogP contribution in [0.4, 0.5) is 0 Å². The van der Waals surface area contributed by atoms with E-state index in [9.17, 15) is 0 Å². The lowest BCUT2D eigenvalue weighted by Gasteiger charge is -2.15. The van der Waals surface area contributed by atoms with Crippen LogP contribution in [0.1, 0.15) is 97.8 Å². The van der Waals surface area contributed by atoms with Crippen molar-refractivity contribution in [3.63, 3.8) is 0 Å². The van der Waals surface area contributed by atoms with Crippen molar-refractivity contribution in [1.29, 1.82) is 0 Å². The number of hydrogen-bond acceptors (Lipinski definition) is 3. The molecule has 0 aliphatic heterocycles. The first kappa shape index (κ1) is 29.1. The number of benzene rings is 4. The summed E-state index contributed by atoms with van der Waals surface area (Å²) in [6, 6.07) is 19.7. The Hall–Kier alpha value is -2.94. The van der Waals surface area contributed by atoms with E-state index in [2.05, 4.69) is 75.4 Å². The number of fused-ring (bicyclic) bond motifs is 6. The van der Waals surface area contributed by atoms with E-state index in [4.69, 9.17) is 14.2 Å². The molecule has 0 radical (unpaired) electrons. The Labute approximate surface area is 235 Å². The molecule has 0 unspecified atom stereocenters. The zero-order valence-corrected chi connectivity index (χ0v) is 24.5. The first-order chi connectivity index (χ1) is 19.2. The predicted octanol–water partition coefficient (Wildman–Crippen LogP) is 11.0.